The Morgan fingerprint density at radius 1 is 1.29 bits per heavy atom. The van der Waals surface area contributed by atoms with Gasteiger partial charge in [-0.3, -0.25) is 14.2 Å². The van der Waals surface area contributed by atoms with E-state index in [0.29, 0.717) is 22.7 Å². The second kappa shape index (κ2) is 8.57. The van der Waals surface area contributed by atoms with E-state index in [9.17, 15) is 14.0 Å². The predicted molar refractivity (Wildman–Crippen MR) is 114 cm³/mol. The van der Waals surface area contributed by atoms with Crippen LogP contribution in [0.1, 0.15) is 47.5 Å². The highest BCUT2D eigenvalue weighted by atomic mass is 32.2. The summed E-state index contributed by atoms with van der Waals surface area (Å²) < 4.78 is 14.8. The monoisotopic (exact) mass is 418 g/mol. The number of carbonyl (C=O) groups excluding carboxylic acids is 1. The smallest absolute Gasteiger partial charge is 0.263 e. The van der Waals surface area contributed by atoms with E-state index in [-0.39, 0.29) is 17.2 Å². The summed E-state index contributed by atoms with van der Waals surface area (Å²) in [4.78, 5) is 32.4. The molecule has 2 aromatic heterocycles. The Hall–Kier alpha value is -1.99. The molecule has 3 rings (SSSR count). The first-order valence-electron chi connectivity index (χ1n) is 9.30. The van der Waals surface area contributed by atoms with Gasteiger partial charge >= 0.3 is 0 Å². The number of hydrogen-bond donors (Lipinski definition) is 0. The number of nitrogens with zero attached hydrogens (tertiary/aromatic N) is 2. The second-order valence-electron chi connectivity index (χ2n) is 6.80. The quantitative estimate of drug-likeness (QED) is 0.294. The topological polar surface area (TPSA) is 52.0 Å². The van der Waals surface area contributed by atoms with E-state index in [2.05, 4.69) is 6.92 Å². The first kappa shape index (κ1) is 20.7. The largest absolute Gasteiger partial charge is 0.293 e. The SMILES string of the molecule is CCCCn1c(SC(C)C(=O)c2ccc(F)cc2)nc2sc(C)c(C)c2c1=O. The van der Waals surface area contributed by atoms with Crippen molar-refractivity contribution >= 4 is 39.1 Å². The first-order chi connectivity index (χ1) is 13.3. The molecular weight excluding hydrogens is 395 g/mol. The zero-order valence-electron chi connectivity index (χ0n) is 16.4. The molecule has 1 unspecified atom stereocenters. The molecule has 4 nitrogen and oxygen atoms in total. The Morgan fingerprint density at radius 3 is 2.61 bits per heavy atom. The van der Waals surface area contributed by atoms with Gasteiger partial charge in [0.2, 0.25) is 0 Å². The van der Waals surface area contributed by atoms with Gasteiger partial charge in [-0.15, -0.1) is 11.3 Å². The number of fused-ring (bicyclic) bond motifs is 1. The average Bonchev–Trinajstić information content (AvgIpc) is 2.95. The van der Waals surface area contributed by atoms with Gasteiger partial charge in [0.15, 0.2) is 10.9 Å². The van der Waals surface area contributed by atoms with Crippen molar-refractivity contribution in [1.29, 1.82) is 0 Å². The third kappa shape index (κ3) is 4.05. The number of carbonyl (C=O) groups is 1. The normalized spacial score (nSPS) is 12.5. The molecule has 7 heteroatoms. The Labute approximate surface area is 171 Å². The third-order valence-electron chi connectivity index (χ3n) is 4.77. The summed E-state index contributed by atoms with van der Waals surface area (Å²) in [7, 11) is 0. The van der Waals surface area contributed by atoms with E-state index in [1.807, 2.05) is 13.8 Å². The van der Waals surface area contributed by atoms with Gasteiger partial charge in [-0.1, -0.05) is 25.1 Å². The van der Waals surface area contributed by atoms with Gasteiger partial charge in [0, 0.05) is 17.0 Å². The molecule has 3 aromatic rings. The van der Waals surface area contributed by atoms with Crippen LogP contribution in [0.5, 0.6) is 0 Å². The number of aryl methyl sites for hydroxylation is 2. The number of Topliss-reactive ketones (excluding diaryl/α,β-unsaturated/α-hetero) is 1. The van der Waals surface area contributed by atoms with Gasteiger partial charge < -0.3 is 0 Å². The van der Waals surface area contributed by atoms with E-state index in [0.717, 1.165) is 28.1 Å². The van der Waals surface area contributed by atoms with E-state index < -0.39 is 5.25 Å². The number of benzene rings is 1. The van der Waals surface area contributed by atoms with E-state index in [1.54, 1.807) is 11.5 Å². The lowest BCUT2D eigenvalue weighted by Gasteiger charge is -2.15. The number of thioether (sulfide) groups is 1. The van der Waals surface area contributed by atoms with Crippen LogP contribution < -0.4 is 5.56 Å². The molecule has 2 heterocycles. The summed E-state index contributed by atoms with van der Waals surface area (Å²) in [5.74, 6) is -0.485. The minimum atomic E-state index is -0.440. The van der Waals surface area contributed by atoms with Gasteiger partial charge in [0.25, 0.3) is 5.56 Å². The molecule has 0 aliphatic carbocycles. The number of ketones is 1. The molecule has 0 radical (unpaired) electrons. The lowest BCUT2D eigenvalue weighted by molar-refractivity contribution is 0.0993. The summed E-state index contributed by atoms with van der Waals surface area (Å²) in [5, 5.41) is 0.806. The fourth-order valence-corrected chi connectivity index (χ4v) is 5.05. The average molecular weight is 419 g/mol. The van der Waals surface area contributed by atoms with Crippen molar-refractivity contribution in [2.24, 2.45) is 0 Å². The Balaban J connectivity index is 1.99. The molecule has 0 N–H and O–H groups in total. The fourth-order valence-electron chi connectivity index (χ4n) is 2.97. The lowest BCUT2D eigenvalue weighted by atomic mass is 10.1. The predicted octanol–water partition coefficient (Wildman–Crippen LogP) is 5.38. The van der Waals surface area contributed by atoms with Crippen LogP contribution in [-0.4, -0.2) is 20.6 Å². The van der Waals surface area contributed by atoms with Crippen LogP contribution in [0.3, 0.4) is 0 Å². The molecule has 0 amide bonds. The van der Waals surface area contributed by atoms with Crippen molar-refractivity contribution in [3.63, 3.8) is 0 Å². The Morgan fingerprint density at radius 2 is 1.96 bits per heavy atom. The van der Waals surface area contributed by atoms with Crippen molar-refractivity contribution in [2.45, 2.75) is 57.5 Å². The van der Waals surface area contributed by atoms with Crippen molar-refractivity contribution < 1.29 is 9.18 Å². The summed E-state index contributed by atoms with van der Waals surface area (Å²) in [6, 6.07) is 5.54. The maximum Gasteiger partial charge on any atom is 0.263 e. The zero-order chi connectivity index (χ0) is 20.4. The molecule has 0 spiro atoms. The van der Waals surface area contributed by atoms with Crippen LogP contribution >= 0.6 is 23.1 Å². The van der Waals surface area contributed by atoms with Crippen molar-refractivity contribution in [3.05, 3.63) is 56.4 Å². The number of unbranched alkanes of at least 4 members (excludes halogenated alkanes) is 1. The summed E-state index contributed by atoms with van der Waals surface area (Å²) in [6.45, 7) is 8.39. The highest BCUT2D eigenvalue weighted by Crippen LogP contribution is 2.30. The highest BCUT2D eigenvalue weighted by Gasteiger charge is 2.22. The van der Waals surface area contributed by atoms with Crippen LogP contribution in [-0.2, 0) is 6.54 Å². The van der Waals surface area contributed by atoms with Crippen molar-refractivity contribution in [2.75, 3.05) is 0 Å². The fraction of sp³-hybridized carbons (Fsp3) is 0.381. The number of aromatic nitrogens is 2. The summed E-state index contributed by atoms with van der Waals surface area (Å²) >= 11 is 2.80. The van der Waals surface area contributed by atoms with Gasteiger partial charge in [0.05, 0.1) is 10.6 Å². The molecule has 0 bridgehead atoms. The summed E-state index contributed by atoms with van der Waals surface area (Å²) in [6.07, 6.45) is 1.82. The van der Waals surface area contributed by atoms with Gasteiger partial charge in [-0.25, -0.2) is 9.37 Å². The molecule has 148 valence electrons. The molecule has 0 fully saturated rings. The van der Waals surface area contributed by atoms with Crippen molar-refractivity contribution in [3.8, 4) is 0 Å². The second-order valence-corrected chi connectivity index (χ2v) is 9.31. The molecule has 0 aliphatic heterocycles. The molecule has 1 atom stereocenters. The number of rotatable bonds is 7. The highest BCUT2D eigenvalue weighted by molar-refractivity contribution is 8.00. The van der Waals surface area contributed by atoms with E-state index in [4.69, 9.17) is 4.98 Å². The maximum absolute atomic E-state index is 13.1. The minimum Gasteiger partial charge on any atom is -0.293 e. The number of halogens is 1. The van der Waals surface area contributed by atoms with E-state index in [1.165, 1.54) is 47.4 Å². The van der Waals surface area contributed by atoms with Gasteiger partial charge in [0.1, 0.15) is 10.6 Å². The van der Waals surface area contributed by atoms with Crippen LogP contribution in [0.25, 0.3) is 10.2 Å². The number of thiophene rings is 1. The maximum atomic E-state index is 13.1. The lowest BCUT2D eigenvalue weighted by Crippen LogP contribution is -2.25. The van der Waals surface area contributed by atoms with E-state index >= 15 is 0 Å². The molecule has 0 saturated carbocycles. The minimum absolute atomic E-state index is 0.0377. The van der Waals surface area contributed by atoms with Crippen molar-refractivity contribution in [1.82, 2.24) is 9.55 Å². The molecule has 0 saturated heterocycles. The Bertz CT molecular complexity index is 1070. The van der Waals surface area contributed by atoms with Crippen LogP contribution in [0.2, 0.25) is 0 Å². The number of hydrogen-bond acceptors (Lipinski definition) is 5. The van der Waals surface area contributed by atoms with Crippen LogP contribution in [0.4, 0.5) is 4.39 Å². The third-order valence-corrected chi connectivity index (χ3v) is 6.96. The Kier molecular flexibility index (Phi) is 6.35. The van der Waals surface area contributed by atoms with Gasteiger partial charge in [-0.05, 0) is 57.0 Å². The zero-order valence-corrected chi connectivity index (χ0v) is 18.0. The van der Waals surface area contributed by atoms with Gasteiger partial charge in [-0.2, -0.15) is 0 Å². The standard InChI is InChI=1S/C21H23FN2O2S2/c1-5-6-11-24-20(26)17-12(2)13(3)27-19(17)23-21(24)28-14(4)18(25)15-7-9-16(22)10-8-15/h7-10,14H,5-6,11H2,1-4H3. The van der Waals surface area contributed by atoms with Crippen LogP contribution in [0, 0.1) is 19.7 Å². The molecule has 1 aromatic carbocycles. The molecular formula is C21H23FN2O2S2. The summed E-state index contributed by atoms with van der Waals surface area (Å²) in [5.41, 5.74) is 1.40. The molecule has 28 heavy (non-hydrogen) atoms. The first-order valence-corrected chi connectivity index (χ1v) is 11.0. The molecule has 0 aliphatic rings. The van der Waals surface area contributed by atoms with Crippen LogP contribution in [0.15, 0.2) is 34.2 Å².